The second kappa shape index (κ2) is 10.8. The highest BCUT2D eigenvalue weighted by Gasteiger charge is 2.04. The molecule has 0 aliphatic rings. The van der Waals surface area contributed by atoms with Crippen LogP contribution in [-0.4, -0.2) is 18.4 Å². The Morgan fingerprint density at radius 1 is 0.957 bits per heavy atom. The molecule has 1 aromatic rings. The lowest BCUT2D eigenvalue weighted by molar-refractivity contribution is -0.119. The number of benzene rings is 1. The molecule has 0 radical (unpaired) electrons. The standard InChI is InChI=1S/C19H30N2O2/c1-15(2)8-6-4-5-7-13-20-19(23)18-11-9-17(10-12-18)14-21-16(3)22/h9-12,15H,4-8,13-14H2,1-3H3,(H,20,23)(H,21,22). The van der Waals surface area contributed by atoms with Gasteiger partial charge in [-0.05, 0) is 30.0 Å². The molecule has 0 unspecified atom stereocenters. The van der Waals surface area contributed by atoms with Crippen molar-refractivity contribution in [1.29, 1.82) is 0 Å². The molecule has 0 aliphatic carbocycles. The van der Waals surface area contributed by atoms with E-state index >= 15 is 0 Å². The van der Waals surface area contributed by atoms with Gasteiger partial charge < -0.3 is 10.6 Å². The van der Waals surface area contributed by atoms with Crippen molar-refractivity contribution < 1.29 is 9.59 Å². The molecule has 0 spiro atoms. The maximum atomic E-state index is 12.0. The average molecular weight is 318 g/mol. The van der Waals surface area contributed by atoms with E-state index in [4.69, 9.17) is 0 Å². The molecule has 0 saturated carbocycles. The van der Waals surface area contributed by atoms with Gasteiger partial charge in [0.15, 0.2) is 0 Å². The third kappa shape index (κ3) is 9.01. The number of nitrogens with one attached hydrogen (secondary N) is 2. The molecule has 2 amide bonds. The first kappa shape index (κ1) is 19.2. The smallest absolute Gasteiger partial charge is 0.251 e. The van der Waals surface area contributed by atoms with Crippen LogP contribution in [-0.2, 0) is 11.3 Å². The Morgan fingerprint density at radius 2 is 1.61 bits per heavy atom. The van der Waals surface area contributed by atoms with E-state index in [1.54, 1.807) is 12.1 Å². The normalized spacial score (nSPS) is 10.6. The van der Waals surface area contributed by atoms with Crippen LogP contribution in [0.25, 0.3) is 0 Å². The third-order valence-electron chi connectivity index (χ3n) is 3.75. The molecule has 0 aromatic heterocycles. The molecule has 0 fully saturated rings. The zero-order valence-corrected chi connectivity index (χ0v) is 14.7. The van der Waals surface area contributed by atoms with Crippen molar-refractivity contribution in [3.8, 4) is 0 Å². The summed E-state index contributed by atoms with van der Waals surface area (Å²) in [6.45, 7) is 7.22. The highest BCUT2D eigenvalue weighted by Crippen LogP contribution is 2.09. The molecule has 0 bridgehead atoms. The number of hydrogen-bond acceptors (Lipinski definition) is 2. The van der Waals surface area contributed by atoms with Gasteiger partial charge in [-0.2, -0.15) is 0 Å². The molecule has 128 valence electrons. The van der Waals surface area contributed by atoms with E-state index in [-0.39, 0.29) is 11.8 Å². The fraction of sp³-hybridized carbons (Fsp3) is 0.579. The van der Waals surface area contributed by atoms with Gasteiger partial charge in [0.05, 0.1) is 0 Å². The number of carbonyl (C=O) groups excluding carboxylic acids is 2. The molecule has 1 rings (SSSR count). The molecule has 4 nitrogen and oxygen atoms in total. The second-order valence-electron chi connectivity index (χ2n) is 6.46. The van der Waals surface area contributed by atoms with Gasteiger partial charge in [0.1, 0.15) is 0 Å². The van der Waals surface area contributed by atoms with Gasteiger partial charge in [0, 0.05) is 25.6 Å². The van der Waals surface area contributed by atoms with Crippen LogP contribution in [0.4, 0.5) is 0 Å². The predicted molar refractivity (Wildman–Crippen MR) is 94.2 cm³/mol. The Hall–Kier alpha value is -1.84. The van der Waals surface area contributed by atoms with Gasteiger partial charge in [0.25, 0.3) is 5.91 Å². The Balaban J connectivity index is 2.20. The molecular weight excluding hydrogens is 288 g/mol. The largest absolute Gasteiger partial charge is 0.352 e. The van der Waals surface area contributed by atoms with E-state index in [2.05, 4.69) is 24.5 Å². The summed E-state index contributed by atoms with van der Waals surface area (Å²) in [5.74, 6) is 0.696. The SMILES string of the molecule is CC(=O)NCc1ccc(C(=O)NCCCCCCC(C)C)cc1. The summed E-state index contributed by atoms with van der Waals surface area (Å²) in [5.41, 5.74) is 1.65. The maximum absolute atomic E-state index is 12.0. The van der Waals surface area contributed by atoms with Crippen molar-refractivity contribution in [1.82, 2.24) is 10.6 Å². The van der Waals surface area contributed by atoms with Crippen molar-refractivity contribution >= 4 is 11.8 Å². The zero-order valence-electron chi connectivity index (χ0n) is 14.7. The van der Waals surface area contributed by atoms with Crippen LogP contribution >= 0.6 is 0 Å². The lowest BCUT2D eigenvalue weighted by atomic mass is 10.0. The molecule has 4 heteroatoms. The van der Waals surface area contributed by atoms with Crippen LogP contribution in [0.15, 0.2) is 24.3 Å². The number of amides is 2. The first-order valence-corrected chi connectivity index (χ1v) is 8.60. The minimum absolute atomic E-state index is 0.0294. The number of rotatable bonds is 10. The summed E-state index contributed by atoms with van der Waals surface area (Å²) in [6, 6.07) is 7.35. The van der Waals surface area contributed by atoms with E-state index in [0.717, 1.165) is 24.4 Å². The molecule has 23 heavy (non-hydrogen) atoms. The number of carbonyl (C=O) groups is 2. The Kier molecular flexibility index (Phi) is 9.03. The summed E-state index contributed by atoms with van der Waals surface area (Å²) < 4.78 is 0. The van der Waals surface area contributed by atoms with Gasteiger partial charge in [0.2, 0.25) is 5.91 Å². The van der Waals surface area contributed by atoms with E-state index in [0.29, 0.717) is 12.1 Å². The first-order valence-electron chi connectivity index (χ1n) is 8.60. The molecule has 1 aromatic carbocycles. The second-order valence-corrected chi connectivity index (χ2v) is 6.46. The van der Waals surface area contributed by atoms with E-state index in [1.165, 1.54) is 32.6 Å². The highest BCUT2D eigenvalue weighted by atomic mass is 16.2. The zero-order chi connectivity index (χ0) is 17.1. The Labute approximate surface area is 140 Å². The highest BCUT2D eigenvalue weighted by molar-refractivity contribution is 5.94. The molecule has 0 saturated heterocycles. The van der Waals surface area contributed by atoms with Crippen LogP contribution in [0.3, 0.4) is 0 Å². The molecule has 0 atom stereocenters. The Bertz CT molecular complexity index is 481. The van der Waals surface area contributed by atoms with Gasteiger partial charge in [-0.3, -0.25) is 9.59 Å². The van der Waals surface area contributed by atoms with Gasteiger partial charge in [-0.15, -0.1) is 0 Å². The Morgan fingerprint density at radius 3 is 2.22 bits per heavy atom. The average Bonchev–Trinajstić information content (AvgIpc) is 2.52. The summed E-state index contributed by atoms with van der Waals surface area (Å²) in [4.78, 5) is 22.9. The summed E-state index contributed by atoms with van der Waals surface area (Å²) in [5, 5.41) is 5.70. The van der Waals surface area contributed by atoms with Gasteiger partial charge >= 0.3 is 0 Å². The van der Waals surface area contributed by atoms with E-state index < -0.39 is 0 Å². The minimum atomic E-state index is -0.0554. The van der Waals surface area contributed by atoms with Crippen molar-refractivity contribution in [2.45, 2.75) is 59.4 Å². The van der Waals surface area contributed by atoms with E-state index in [9.17, 15) is 9.59 Å². The van der Waals surface area contributed by atoms with Crippen LogP contribution in [0, 0.1) is 5.92 Å². The topological polar surface area (TPSA) is 58.2 Å². The maximum Gasteiger partial charge on any atom is 0.251 e. The van der Waals surface area contributed by atoms with Gasteiger partial charge in [-0.1, -0.05) is 51.7 Å². The number of unbranched alkanes of at least 4 members (excludes halogenated alkanes) is 3. The summed E-state index contributed by atoms with van der Waals surface area (Å²) in [7, 11) is 0. The molecule has 0 aliphatic heterocycles. The minimum Gasteiger partial charge on any atom is -0.352 e. The fourth-order valence-corrected chi connectivity index (χ4v) is 2.34. The van der Waals surface area contributed by atoms with Crippen LogP contribution in [0.2, 0.25) is 0 Å². The third-order valence-corrected chi connectivity index (χ3v) is 3.75. The first-order chi connectivity index (χ1) is 11.0. The van der Waals surface area contributed by atoms with Crippen LogP contribution in [0.5, 0.6) is 0 Å². The lowest BCUT2D eigenvalue weighted by Crippen LogP contribution is -2.24. The van der Waals surface area contributed by atoms with Crippen molar-refractivity contribution in [2.24, 2.45) is 5.92 Å². The van der Waals surface area contributed by atoms with Crippen molar-refractivity contribution in [3.05, 3.63) is 35.4 Å². The van der Waals surface area contributed by atoms with Crippen LogP contribution in [0.1, 0.15) is 68.8 Å². The van der Waals surface area contributed by atoms with Crippen LogP contribution < -0.4 is 10.6 Å². The van der Waals surface area contributed by atoms with E-state index in [1.807, 2.05) is 12.1 Å². The quantitative estimate of drug-likeness (QED) is 0.647. The summed E-state index contributed by atoms with van der Waals surface area (Å²) >= 11 is 0. The van der Waals surface area contributed by atoms with Crippen molar-refractivity contribution in [2.75, 3.05) is 6.54 Å². The number of hydrogen-bond donors (Lipinski definition) is 2. The summed E-state index contributed by atoms with van der Waals surface area (Å²) in [6.07, 6.45) is 6.01. The van der Waals surface area contributed by atoms with Gasteiger partial charge in [-0.25, -0.2) is 0 Å². The molecular formula is C19H30N2O2. The predicted octanol–water partition coefficient (Wildman–Crippen LogP) is 3.66. The monoisotopic (exact) mass is 318 g/mol. The molecule has 0 heterocycles. The lowest BCUT2D eigenvalue weighted by Gasteiger charge is -2.07. The molecule has 2 N–H and O–H groups in total. The van der Waals surface area contributed by atoms with Crippen molar-refractivity contribution in [3.63, 3.8) is 0 Å². The fourth-order valence-electron chi connectivity index (χ4n) is 2.34.